The second kappa shape index (κ2) is 19.6. The van der Waals surface area contributed by atoms with Gasteiger partial charge in [0.05, 0.1) is 0 Å². The molecule has 2 fully saturated rings. The summed E-state index contributed by atoms with van der Waals surface area (Å²) >= 11 is -1.76. The van der Waals surface area contributed by atoms with Gasteiger partial charge in [0.15, 0.2) is 0 Å². The molecule has 1 nitrogen and oxygen atoms in total. The zero-order chi connectivity index (χ0) is 39.1. The molecule has 0 atom stereocenters. The van der Waals surface area contributed by atoms with Crippen molar-refractivity contribution in [3.05, 3.63) is 132 Å². The monoisotopic (exact) mass is 886 g/mol. The molecule has 2 aliphatic rings. The van der Waals surface area contributed by atoms with Crippen molar-refractivity contribution in [3.63, 3.8) is 0 Å². The Hall–Kier alpha value is -1.41. The number of anilines is 1. The van der Waals surface area contributed by atoms with Gasteiger partial charge >= 0.3 is 346 Å². The fourth-order valence-corrected chi connectivity index (χ4v) is 140. The first-order valence-corrected chi connectivity index (χ1v) is 36.5. The Bertz CT molecular complexity index is 1570. The molecule has 0 saturated heterocycles. The van der Waals surface area contributed by atoms with Crippen LogP contribution < -0.4 is 10.2 Å². The van der Waals surface area contributed by atoms with Crippen LogP contribution in [0.25, 0.3) is 0 Å². The van der Waals surface area contributed by atoms with Crippen molar-refractivity contribution in [2.45, 2.75) is 153 Å². The zero-order valence-corrected chi connectivity index (χ0v) is 40.6. The summed E-state index contributed by atoms with van der Waals surface area (Å²) < 4.78 is 0. The Labute approximate surface area is 343 Å². The molecule has 0 bridgehead atoms. The number of nitrogens with zero attached hydrogens (tertiary/aromatic N) is 1. The third-order valence-electron chi connectivity index (χ3n) is 13.9. The summed E-state index contributed by atoms with van der Waals surface area (Å²) in [6.45, 7) is 16.6. The van der Waals surface area contributed by atoms with Crippen LogP contribution in [0.3, 0.4) is 0 Å². The molecule has 0 aromatic heterocycles. The molecule has 5 heteroatoms. The van der Waals surface area contributed by atoms with Crippen LogP contribution in [-0.2, 0) is 33.0 Å². The molecule has 55 heavy (non-hydrogen) atoms. The fraction of sp³-hybridized carbons (Fsp3) is 0.520. The van der Waals surface area contributed by atoms with E-state index in [4.69, 9.17) is 0 Å². The van der Waals surface area contributed by atoms with E-state index in [0.717, 1.165) is 28.3 Å². The average molecular weight is 886 g/mol. The summed E-state index contributed by atoms with van der Waals surface area (Å²) in [4.78, 5) is 2.35. The minimum absolute atomic E-state index is 0.778. The van der Waals surface area contributed by atoms with Crippen LogP contribution in [0.2, 0.25) is 0 Å². The average Bonchev–Trinajstić information content (AvgIpc) is 3.19. The van der Waals surface area contributed by atoms with Gasteiger partial charge in [-0.1, -0.05) is 0 Å². The van der Waals surface area contributed by atoms with Gasteiger partial charge in [0.25, 0.3) is 0 Å². The van der Waals surface area contributed by atoms with E-state index < -0.39 is 31.3 Å². The topological polar surface area (TPSA) is 3.24 Å². The van der Waals surface area contributed by atoms with Gasteiger partial charge in [0, 0.05) is 0 Å². The Kier molecular flexibility index (Phi) is 15.4. The number of benzene rings is 4. The van der Waals surface area contributed by atoms with Crippen LogP contribution in [-0.4, -0.2) is 42.4 Å². The van der Waals surface area contributed by atoms with Gasteiger partial charge in [0.2, 0.25) is 0 Å². The van der Waals surface area contributed by atoms with E-state index in [1.165, 1.54) is 88.4 Å². The van der Waals surface area contributed by atoms with Gasteiger partial charge in [-0.25, -0.2) is 0 Å². The van der Waals surface area contributed by atoms with E-state index in [2.05, 4.69) is 176 Å². The Balaban J connectivity index is 1.84. The first-order chi connectivity index (χ1) is 26.6. The Morgan fingerprint density at radius 3 is 1.15 bits per heavy atom. The van der Waals surface area contributed by atoms with E-state index >= 15 is 0 Å². The predicted molar refractivity (Wildman–Crippen MR) is 255 cm³/mol. The van der Waals surface area contributed by atoms with Crippen molar-refractivity contribution in [1.29, 1.82) is 0 Å². The van der Waals surface area contributed by atoms with Crippen molar-refractivity contribution in [1.82, 2.24) is 0 Å². The van der Waals surface area contributed by atoms with Gasteiger partial charge in [0.1, 0.15) is 0 Å². The van der Waals surface area contributed by atoms with Crippen LogP contribution >= 0.6 is 16.8 Å². The van der Waals surface area contributed by atoms with Crippen molar-refractivity contribution in [2.24, 2.45) is 0 Å². The van der Waals surface area contributed by atoms with Crippen LogP contribution in [0.1, 0.15) is 122 Å². The summed E-state index contributed by atoms with van der Waals surface area (Å²) in [5.74, 6) is 0. The van der Waals surface area contributed by atoms with E-state index in [-0.39, 0.29) is 0 Å². The van der Waals surface area contributed by atoms with Crippen LogP contribution in [0.15, 0.2) is 115 Å². The molecular formula is C50H77NP3Ru. The second-order valence-corrected chi connectivity index (χ2v) is 58.8. The predicted octanol–water partition coefficient (Wildman–Crippen LogP) is 14.5. The second-order valence-electron chi connectivity index (χ2n) is 18.5. The quantitative estimate of drug-likeness (QED) is 0.0800. The molecule has 0 spiro atoms. The third kappa shape index (κ3) is 9.11. The fourth-order valence-electron chi connectivity index (χ4n) is 12.0. The maximum atomic E-state index is 2.80. The van der Waals surface area contributed by atoms with Crippen LogP contribution in [0, 0.1) is 0 Å². The van der Waals surface area contributed by atoms with Gasteiger partial charge in [-0.05, 0) is 0 Å². The van der Waals surface area contributed by atoms with E-state index in [1.807, 2.05) is 5.30 Å². The summed E-state index contributed by atoms with van der Waals surface area (Å²) in [7, 11) is 4.48. The standard InChI is InChI=1S/C21H21P.C20H32NP.C9H21P.Ru/c1-4-10-19(11-5-1)16-22(17-20-12-6-2-7-13-20)18-21-14-8-3-9-15-21;1-21(2)17-13-15-20(16-14-17)22(18-9-5-3-6-10-18)19-11-7-4-8-12-19;1-7(2)10(8(3)4)9(5)6;/h1-15H,16-18H2;13-16,18-19H,3-12H2,1-2H3;7-9H,1-6H3;/q;;;-3/p+3. The molecule has 0 amide bonds. The molecule has 0 unspecified atom stereocenters. The molecule has 2 saturated carbocycles. The normalized spacial score (nSPS) is 17.8. The Morgan fingerprint density at radius 2 is 0.836 bits per heavy atom. The van der Waals surface area contributed by atoms with Crippen molar-refractivity contribution >= 4 is 27.8 Å². The Morgan fingerprint density at radius 1 is 0.491 bits per heavy atom. The first-order valence-electron chi connectivity index (χ1n) is 22.1. The van der Waals surface area contributed by atoms with Crippen molar-refractivity contribution in [2.75, 3.05) is 19.0 Å². The minimum atomic E-state index is -2.24. The van der Waals surface area contributed by atoms with E-state index in [1.54, 1.807) is 16.7 Å². The van der Waals surface area contributed by atoms with Crippen LogP contribution in [0.4, 0.5) is 5.69 Å². The summed E-state index contributed by atoms with van der Waals surface area (Å²) in [6.07, 6.45) is 18.7. The molecule has 0 N–H and O–H groups in total. The maximum absolute atomic E-state index is 2.80. The van der Waals surface area contributed by atoms with Crippen molar-refractivity contribution < 1.29 is 14.5 Å². The van der Waals surface area contributed by atoms with Gasteiger partial charge < -0.3 is 0 Å². The molecular weight excluding hydrogens is 809 g/mol. The third-order valence-corrected chi connectivity index (χ3v) is 95.3. The molecule has 4 aromatic rings. The summed E-state index contributed by atoms with van der Waals surface area (Å²) in [5.41, 5.74) is 3.98. The number of hydrogen-bond donors (Lipinski definition) is 0. The van der Waals surface area contributed by atoms with Crippen molar-refractivity contribution in [3.8, 4) is 0 Å². The first kappa shape index (κ1) is 43.2. The number of hydrogen-bond acceptors (Lipinski definition) is 1. The SMILES string of the molecule is CC(C)[PH](C(C)C)(C(C)C)[Ru]([PH](Cc1ccccc1)(Cc1ccccc1)Cc1ccccc1)[PH](c1ccc(N(C)C)cc1)(C1CCCCC1)C1CCCCC1. The number of rotatable bonds is 16. The summed E-state index contributed by atoms with van der Waals surface area (Å²) in [6, 6.07) is 47.0. The van der Waals surface area contributed by atoms with E-state index in [9.17, 15) is 0 Å². The van der Waals surface area contributed by atoms with Gasteiger partial charge in [-0.3, -0.25) is 0 Å². The van der Waals surface area contributed by atoms with Gasteiger partial charge in [-0.15, -0.1) is 0 Å². The molecule has 2 aliphatic carbocycles. The molecule has 0 aliphatic heterocycles. The molecule has 0 radical (unpaired) electrons. The zero-order valence-electron chi connectivity index (χ0n) is 35.8. The molecule has 4 aromatic carbocycles. The van der Waals surface area contributed by atoms with Gasteiger partial charge in [-0.2, -0.15) is 0 Å². The molecule has 305 valence electrons. The molecule has 0 heterocycles. The van der Waals surface area contributed by atoms with E-state index in [0.29, 0.717) is 0 Å². The summed E-state index contributed by atoms with van der Waals surface area (Å²) in [5, 5.41) is 1.93. The molecule has 6 rings (SSSR count). The van der Waals surface area contributed by atoms with Crippen LogP contribution in [0.5, 0.6) is 0 Å².